The van der Waals surface area contributed by atoms with Gasteiger partial charge in [-0.05, 0) is 24.3 Å². The maximum Gasteiger partial charge on any atom is 0.290 e. The van der Waals surface area contributed by atoms with E-state index in [2.05, 4.69) is 15.5 Å². The number of carbonyl (C=O) groups is 1. The quantitative estimate of drug-likeness (QED) is 0.707. The Labute approximate surface area is 151 Å². The molecule has 1 aromatic carbocycles. The highest BCUT2D eigenvalue weighted by molar-refractivity contribution is 5.92. The highest BCUT2D eigenvalue weighted by Crippen LogP contribution is 2.29. The number of aromatic nitrogens is 2. The molecule has 0 radical (unpaired) electrons. The fraction of sp³-hybridized carbons (Fsp3) is 0.250. The average molecular weight is 349 g/mol. The molecule has 0 unspecified atom stereocenters. The largest absolute Gasteiger partial charge is 0.477 e. The molecule has 3 aromatic rings. The van der Waals surface area contributed by atoms with E-state index in [0.717, 1.165) is 17.7 Å². The maximum absolute atomic E-state index is 12.2. The molecule has 2 aromatic heterocycles. The van der Waals surface area contributed by atoms with Crippen molar-refractivity contribution >= 4 is 5.91 Å². The lowest BCUT2D eigenvalue weighted by Crippen LogP contribution is -2.22. The molecule has 0 atom stereocenters. The van der Waals surface area contributed by atoms with Gasteiger partial charge in [-0.1, -0.05) is 41.6 Å². The molecule has 1 aliphatic carbocycles. The first-order valence-corrected chi connectivity index (χ1v) is 8.66. The normalized spacial score (nSPS) is 13.4. The van der Waals surface area contributed by atoms with Crippen molar-refractivity contribution in [1.82, 2.24) is 15.5 Å². The molecule has 1 saturated carbocycles. The van der Waals surface area contributed by atoms with E-state index in [1.54, 1.807) is 12.3 Å². The molecule has 6 nitrogen and oxygen atoms in total. The van der Waals surface area contributed by atoms with Crippen molar-refractivity contribution in [3.8, 4) is 17.1 Å². The molecular formula is C20H19N3O3. The van der Waals surface area contributed by atoms with Crippen molar-refractivity contribution in [1.29, 1.82) is 0 Å². The zero-order valence-corrected chi connectivity index (χ0v) is 14.2. The number of benzene rings is 1. The summed E-state index contributed by atoms with van der Waals surface area (Å²) < 4.78 is 10.8. The second-order valence-electron chi connectivity index (χ2n) is 6.38. The van der Waals surface area contributed by atoms with Crippen LogP contribution < -0.4 is 10.1 Å². The van der Waals surface area contributed by atoms with E-state index in [0.29, 0.717) is 24.0 Å². The summed E-state index contributed by atoms with van der Waals surface area (Å²) in [6, 6.07) is 14.9. The van der Waals surface area contributed by atoms with Crippen molar-refractivity contribution in [2.45, 2.75) is 19.4 Å². The minimum absolute atomic E-state index is 0.182. The Balaban J connectivity index is 1.31. The average Bonchev–Trinajstić information content (AvgIpc) is 3.39. The zero-order chi connectivity index (χ0) is 17.8. The molecule has 0 spiro atoms. The van der Waals surface area contributed by atoms with Gasteiger partial charge in [0.1, 0.15) is 5.69 Å². The molecule has 0 bridgehead atoms. The van der Waals surface area contributed by atoms with Crippen LogP contribution in [0.2, 0.25) is 0 Å². The Morgan fingerprint density at radius 3 is 2.77 bits per heavy atom. The molecule has 1 fully saturated rings. The van der Waals surface area contributed by atoms with E-state index in [1.807, 2.05) is 42.5 Å². The number of pyridine rings is 1. The monoisotopic (exact) mass is 349 g/mol. The summed E-state index contributed by atoms with van der Waals surface area (Å²) in [7, 11) is 0. The third kappa shape index (κ3) is 4.08. The van der Waals surface area contributed by atoms with E-state index < -0.39 is 0 Å². The summed E-state index contributed by atoms with van der Waals surface area (Å²) in [6.45, 7) is 1.09. The molecule has 1 aliphatic rings. The van der Waals surface area contributed by atoms with E-state index in [-0.39, 0.29) is 11.7 Å². The van der Waals surface area contributed by atoms with E-state index in [1.165, 1.54) is 12.8 Å². The lowest BCUT2D eigenvalue weighted by molar-refractivity contribution is 0.0914. The molecule has 132 valence electrons. The van der Waals surface area contributed by atoms with Gasteiger partial charge in [-0.15, -0.1) is 0 Å². The molecule has 0 saturated heterocycles. The number of carbonyl (C=O) groups excluding carboxylic acids is 1. The van der Waals surface area contributed by atoms with Gasteiger partial charge in [-0.25, -0.2) is 4.98 Å². The Hall–Kier alpha value is -3.15. The standard InChI is InChI=1S/C20H19N3O3/c24-20(18-10-17(23-26-18)16-4-2-1-3-5-16)22-12-15-8-9-19(21-11-15)25-13-14-6-7-14/h1-5,8-11,14H,6-7,12-13H2,(H,22,24). The first-order chi connectivity index (χ1) is 12.8. The topological polar surface area (TPSA) is 77.2 Å². The predicted octanol–water partition coefficient (Wildman–Crippen LogP) is 3.46. The van der Waals surface area contributed by atoms with Crippen LogP contribution in [0.1, 0.15) is 29.0 Å². The lowest BCUT2D eigenvalue weighted by atomic mass is 10.1. The van der Waals surface area contributed by atoms with Crippen molar-refractivity contribution in [2.75, 3.05) is 6.61 Å². The van der Waals surface area contributed by atoms with E-state index in [9.17, 15) is 4.79 Å². The fourth-order valence-electron chi connectivity index (χ4n) is 2.49. The summed E-state index contributed by atoms with van der Waals surface area (Å²) in [4.78, 5) is 16.5. The summed E-state index contributed by atoms with van der Waals surface area (Å²) >= 11 is 0. The maximum atomic E-state index is 12.2. The highest BCUT2D eigenvalue weighted by atomic mass is 16.5. The number of nitrogens with zero attached hydrogens (tertiary/aromatic N) is 2. The summed E-state index contributed by atoms with van der Waals surface area (Å²) in [5.41, 5.74) is 2.43. The molecule has 1 amide bonds. The van der Waals surface area contributed by atoms with Crippen molar-refractivity contribution in [3.63, 3.8) is 0 Å². The fourth-order valence-corrected chi connectivity index (χ4v) is 2.49. The van der Waals surface area contributed by atoms with Crippen molar-refractivity contribution < 1.29 is 14.1 Å². The number of nitrogens with one attached hydrogen (secondary N) is 1. The van der Waals surface area contributed by atoms with Gasteiger partial charge in [0.2, 0.25) is 11.6 Å². The molecule has 0 aliphatic heterocycles. The van der Waals surface area contributed by atoms with Crippen LogP contribution in [0.3, 0.4) is 0 Å². The third-order valence-corrected chi connectivity index (χ3v) is 4.22. The van der Waals surface area contributed by atoms with Crippen LogP contribution in [0.4, 0.5) is 0 Å². The Morgan fingerprint density at radius 1 is 1.19 bits per heavy atom. The van der Waals surface area contributed by atoms with Gasteiger partial charge in [-0.3, -0.25) is 4.79 Å². The molecule has 2 heterocycles. The van der Waals surface area contributed by atoms with Crippen molar-refractivity contribution in [3.05, 3.63) is 66.1 Å². The molecule has 6 heteroatoms. The van der Waals surface area contributed by atoms with Gasteiger partial charge in [-0.2, -0.15) is 0 Å². The number of hydrogen-bond donors (Lipinski definition) is 1. The summed E-state index contributed by atoms with van der Waals surface area (Å²) in [5.74, 6) is 1.18. The van der Waals surface area contributed by atoms with E-state index >= 15 is 0 Å². The van der Waals surface area contributed by atoms with Crippen LogP contribution in [0.25, 0.3) is 11.3 Å². The van der Waals surface area contributed by atoms with Crippen LogP contribution in [0.5, 0.6) is 5.88 Å². The van der Waals surface area contributed by atoms with Crippen LogP contribution in [-0.2, 0) is 6.54 Å². The van der Waals surface area contributed by atoms with Crippen molar-refractivity contribution in [2.24, 2.45) is 5.92 Å². The third-order valence-electron chi connectivity index (χ3n) is 4.22. The van der Waals surface area contributed by atoms with Gasteiger partial charge in [0, 0.05) is 30.4 Å². The van der Waals surface area contributed by atoms with Gasteiger partial charge >= 0.3 is 0 Å². The lowest BCUT2D eigenvalue weighted by Gasteiger charge is -2.06. The van der Waals surface area contributed by atoms with Gasteiger partial charge in [0.15, 0.2) is 0 Å². The van der Waals surface area contributed by atoms with Crippen LogP contribution in [-0.4, -0.2) is 22.7 Å². The van der Waals surface area contributed by atoms with Crippen LogP contribution >= 0.6 is 0 Å². The smallest absolute Gasteiger partial charge is 0.290 e. The number of ether oxygens (including phenoxy) is 1. The van der Waals surface area contributed by atoms with Gasteiger partial charge in [0.25, 0.3) is 5.91 Å². The second-order valence-corrected chi connectivity index (χ2v) is 6.38. The number of rotatable bonds is 7. The minimum atomic E-state index is -0.311. The van der Waals surface area contributed by atoms with Gasteiger partial charge < -0.3 is 14.6 Å². The first kappa shape index (κ1) is 16.3. The zero-order valence-electron chi connectivity index (χ0n) is 14.2. The second kappa shape index (κ2) is 7.39. The number of hydrogen-bond acceptors (Lipinski definition) is 5. The molecule has 1 N–H and O–H groups in total. The van der Waals surface area contributed by atoms with Crippen LogP contribution in [0.15, 0.2) is 59.3 Å². The predicted molar refractivity (Wildman–Crippen MR) is 95.6 cm³/mol. The Morgan fingerprint density at radius 2 is 2.04 bits per heavy atom. The SMILES string of the molecule is O=C(NCc1ccc(OCC2CC2)nc1)c1cc(-c2ccccc2)no1. The minimum Gasteiger partial charge on any atom is -0.477 e. The number of amides is 1. The molecule has 26 heavy (non-hydrogen) atoms. The van der Waals surface area contributed by atoms with Crippen LogP contribution in [0, 0.1) is 5.92 Å². The summed E-state index contributed by atoms with van der Waals surface area (Å²) in [6.07, 6.45) is 4.20. The highest BCUT2D eigenvalue weighted by Gasteiger charge is 2.22. The first-order valence-electron chi connectivity index (χ1n) is 8.66. The molecular weight excluding hydrogens is 330 g/mol. The van der Waals surface area contributed by atoms with E-state index in [4.69, 9.17) is 9.26 Å². The Bertz CT molecular complexity index is 871. The Kier molecular flexibility index (Phi) is 4.64. The van der Waals surface area contributed by atoms with Gasteiger partial charge in [0.05, 0.1) is 6.61 Å². The molecule has 4 rings (SSSR count). The summed E-state index contributed by atoms with van der Waals surface area (Å²) in [5, 5.41) is 6.76.